The highest BCUT2D eigenvalue weighted by Gasteiger charge is 2.22. The SMILES string of the molecule is CCn1c(Cc2cc(C)[nH]n2)nnc1N1CCCOC(C)C1. The van der Waals surface area contributed by atoms with Crippen LogP contribution < -0.4 is 4.90 Å². The van der Waals surface area contributed by atoms with Gasteiger partial charge in [-0.2, -0.15) is 5.10 Å². The maximum absolute atomic E-state index is 5.72. The number of rotatable bonds is 4. The fourth-order valence-electron chi connectivity index (χ4n) is 2.92. The molecule has 2 aromatic rings. The molecule has 3 rings (SSSR count). The van der Waals surface area contributed by atoms with E-state index in [1.165, 1.54) is 0 Å². The summed E-state index contributed by atoms with van der Waals surface area (Å²) >= 11 is 0. The van der Waals surface area contributed by atoms with E-state index in [1.807, 2.05) is 6.92 Å². The van der Waals surface area contributed by atoms with Crippen LogP contribution in [0.1, 0.15) is 37.5 Å². The minimum Gasteiger partial charge on any atom is -0.377 e. The number of H-pyrrole nitrogens is 1. The summed E-state index contributed by atoms with van der Waals surface area (Å²) in [6, 6.07) is 2.05. The molecule has 2 aromatic heterocycles. The zero-order valence-corrected chi connectivity index (χ0v) is 13.5. The van der Waals surface area contributed by atoms with Gasteiger partial charge in [0.15, 0.2) is 0 Å². The second-order valence-corrected chi connectivity index (χ2v) is 5.86. The first-order valence-corrected chi connectivity index (χ1v) is 7.97. The molecule has 3 heterocycles. The van der Waals surface area contributed by atoms with Crippen molar-refractivity contribution in [3.05, 3.63) is 23.3 Å². The molecule has 0 bridgehead atoms. The highest BCUT2D eigenvalue weighted by Crippen LogP contribution is 2.18. The number of hydrogen-bond donors (Lipinski definition) is 1. The van der Waals surface area contributed by atoms with Crippen LogP contribution in [0.15, 0.2) is 6.07 Å². The van der Waals surface area contributed by atoms with Crippen LogP contribution in [-0.4, -0.2) is 50.8 Å². The van der Waals surface area contributed by atoms with Gasteiger partial charge in [-0.15, -0.1) is 10.2 Å². The Balaban J connectivity index is 1.83. The van der Waals surface area contributed by atoms with Crippen LogP contribution >= 0.6 is 0 Å². The van der Waals surface area contributed by atoms with Crippen LogP contribution in [0, 0.1) is 6.92 Å². The van der Waals surface area contributed by atoms with E-state index in [0.717, 1.165) is 55.8 Å². The minimum atomic E-state index is 0.224. The van der Waals surface area contributed by atoms with Crippen molar-refractivity contribution < 1.29 is 4.74 Å². The van der Waals surface area contributed by atoms with Crippen LogP contribution in [0.3, 0.4) is 0 Å². The monoisotopic (exact) mass is 304 g/mol. The number of anilines is 1. The number of aryl methyl sites for hydroxylation is 1. The molecule has 0 spiro atoms. The van der Waals surface area contributed by atoms with E-state index in [0.29, 0.717) is 6.42 Å². The molecule has 1 N–H and O–H groups in total. The summed E-state index contributed by atoms with van der Waals surface area (Å²) in [6.45, 7) is 9.74. The Morgan fingerprint density at radius 2 is 2.27 bits per heavy atom. The molecule has 1 unspecified atom stereocenters. The molecule has 0 amide bonds. The molecule has 22 heavy (non-hydrogen) atoms. The van der Waals surface area contributed by atoms with Gasteiger partial charge in [0.25, 0.3) is 0 Å². The van der Waals surface area contributed by atoms with Crippen LogP contribution in [0.5, 0.6) is 0 Å². The molecule has 1 aliphatic heterocycles. The molecular formula is C15H24N6O. The predicted octanol–water partition coefficient (Wildman–Crippen LogP) is 1.54. The number of nitrogens with zero attached hydrogens (tertiary/aromatic N) is 5. The van der Waals surface area contributed by atoms with Gasteiger partial charge >= 0.3 is 0 Å². The van der Waals surface area contributed by atoms with Crippen LogP contribution in [0.2, 0.25) is 0 Å². The van der Waals surface area contributed by atoms with Crippen molar-refractivity contribution in [2.45, 2.75) is 46.3 Å². The van der Waals surface area contributed by atoms with Crippen molar-refractivity contribution in [2.24, 2.45) is 0 Å². The van der Waals surface area contributed by atoms with E-state index in [2.05, 4.69) is 49.8 Å². The Labute approximate surface area is 130 Å². The van der Waals surface area contributed by atoms with Gasteiger partial charge in [0.1, 0.15) is 5.82 Å². The second-order valence-electron chi connectivity index (χ2n) is 5.86. The maximum atomic E-state index is 5.72. The highest BCUT2D eigenvalue weighted by molar-refractivity contribution is 5.32. The second kappa shape index (κ2) is 6.48. The van der Waals surface area contributed by atoms with E-state index in [-0.39, 0.29) is 6.10 Å². The Bertz CT molecular complexity index is 619. The van der Waals surface area contributed by atoms with Gasteiger partial charge in [0.2, 0.25) is 5.95 Å². The van der Waals surface area contributed by atoms with Crippen molar-refractivity contribution in [1.82, 2.24) is 25.0 Å². The normalized spacial score (nSPS) is 19.4. The first kappa shape index (κ1) is 15.0. The lowest BCUT2D eigenvalue weighted by Crippen LogP contribution is -2.32. The Hall–Kier alpha value is -1.89. The summed E-state index contributed by atoms with van der Waals surface area (Å²) < 4.78 is 7.90. The molecule has 0 radical (unpaired) electrons. The zero-order chi connectivity index (χ0) is 15.5. The summed E-state index contributed by atoms with van der Waals surface area (Å²) in [5, 5.41) is 16.1. The van der Waals surface area contributed by atoms with Crippen molar-refractivity contribution in [1.29, 1.82) is 0 Å². The first-order chi connectivity index (χ1) is 10.7. The molecule has 7 nitrogen and oxygen atoms in total. The fourth-order valence-corrected chi connectivity index (χ4v) is 2.92. The summed E-state index contributed by atoms with van der Waals surface area (Å²) in [5.41, 5.74) is 2.06. The van der Waals surface area contributed by atoms with E-state index in [9.17, 15) is 0 Å². The van der Waals surface area contributed by atoms with Gasteiger partial charge in [-0.25, -0.2) is 0 Å². The molecule has 7 heteroatoms. The number of aromatic nitrogens is 5. The largest absolute Gasteiger partial charge is 0.377 e. The average molecular weight is 304 g/mol. The number of aromatic amines is 1. The van der Waals surface area contributed by atoms with E-state index < -0.39 is 0 Å². The zero-order valence-electron chi connectivity index (χ0n) is 13.5. The highest BCUT2D eigenvalue weighted by atomic mass is 16.5. The molecular weight excluding hydrogens is 280 g/mol. The quantitative estimate of drug-likeness (QED) is 0.927. The Morgan fingerprint density at radius 1 is 1.41 bits per heavy atom. The third-order valence-electron chi connectivity index (χ3n) is 3.96. The van der Waals surface area contributed by atoms with Gasteiger partial charge in [-0.05, 0) is 33.3 Å². The minimum absolute atomic E-state index is 0.224. The lowest BCUT2D eigenvalue weighted by Gasteiger charge is -2.23. The molecule has 1 saturated heterocycles. The van der Waals surface area contributed by atoms with E-state index in [4.69, 9.17) is 4.74 Å². The van der Waals surface area contributed by atoms with Crippen LogP contribution in [-0.2, 0) is 17.7 Å². The summed E-state index contributed by atoms with van der Waals surface area (Å²) in [6.07, 6.45) is 1.95. The van der Waals surface area contributed by atoms with E-state index in [1.54, 1.807) is 0 Å². The number of nitrogens with one attached hydrogen (secondary N) is 1. The Morgan fingerprint density at radius 3 is 3.00 bits per heavy atom. The smallest absolute Gasteiger partial charge is 0.227 e. The van der Waals surface area contributed by atoms with Crippen LogP contribution in [0.25, 0.3) is 0 Å². The molecule has 1 aliphatic rings. The maximum Gasteiger partial charge on any atom is 0.227 e. The molecule has 1 atom stereocenters. The van der Waals surface area contributed by atoms with Gasteiger partial charge < -0.3 is 9.64 Å². The van der Waals surface area contributed by atoms with Crippen molar-refractivity contribution in [2.75, 3.05) is 24.6 Å². The average Bonchev–Trinajstić information content (AvgIpc) is 3.02. The first-order valence-electron chi connectivity index (χ1n) is 7.97. The topological polar surface area (TPSA) is 71.9 Å². The molecule has 0 aliphatic carbocycles. The van der Waals surface area contributed by atoms with Crippen molar-refractivity contribution in [3.63, 3.8) is 0 Å². The van der Waals surface area contributed by atoms with E-state index >= 15 is 0 Å². The lowest BCUT2D eigenvalue weighted by atomic mass is 10.3. The Kier molecular flexibility index (Phi) is 4.42. The third kappa shape index (κ3) is 3.14. The van der Waals surface area contributed by atoms with Gasteiger partial charge in [0, 0.05) is 31.9 Å². The standard InChI is InChI=1S/C15H24N6O/c1-4-21-14(9-13-8-11(2)16-17-13)18-19-15(21)20-6-5-7-22-12(3)10-20/h8,12H,4-7,9-10H2,1-3H3,(H,16,17). The third-order valence-corrected chi connectivity index (χ3v) is 3.96. The van der Waals surface area contributed by atoms with Crippen LogP contribution in [0.4, 0.5) is 5.95 Å². The predicted molar refractivity (Wildman–Crippen MR) is 84.1 cm³/mol. The molecule has 0 saturated carbocycles. The summed E-state index contributed by atoms with van der Waals surface area (Å²) in [4.78, 5) is 2.29. The van der Waals surface area contributed by atoms with Gasteiger partial charge in [0.05, 0.1) is 18.2 Å². The number of hydrogen-bond acceptors (Lipinski definition) is 5. The van der Waals surface area contributed by atoms with Crippen molar-refractivity contribution >= 4 is 5.95 Å². The van der Waals surface area contributed by atoms with Crippen molar-refractivity contribution in [3.8, 4) is 0 Å². The number of ether oxygens (including phenoxy) is 1. The van der Waals surface area contributed by atoms with Gasteiger partial charge in [-0.3, -0.25) is 9.67 Å². The summed E-state index contributed by atoms with van der Waals surface area (Å²) in [7, 11) is 0. The van der Waals surface area contributed by atoms with Gasteiger partial charge in [-0.1, -0.05) is 0 Å². The molecule has 1 fully saturated rings. The molecule has 0 aromatic carbocycles. The lowest BCUT2D eigenvalue weighted by molar-refractivity contribution is 0.0819. The molecule has 120 valence electrons. The fraction of sp³-hybridized carbons (Fsp3) is 0.667. The summed E-state index contributed by atoms with van der Waals surface area (Å²) in [5.74, 6) is 1.91.